The van der Waals surface area contributed by atoms with Gasteiger partial charge < -0.3 is 9.64 Å². The highest BCUT2D eigenvalue weighted by atomic mass is 19.4. The first-order valence-corrected chi connectivity index (χ1v) is 9.95. The van der Waals surface area contributed by atoms with Gasteiger partial charge in [0.15, 0.2) is 0 Å². The molecule has 6 nitrogen and oxygen atoms in total. The lowest BCUT2D eigenvalue weighted by Gasteiger charge is -2.38. The lowest BCUT2D eigenvalue weighted by atomic mass is 10.1. The number of alkyl halides is 3. The van der Waals surface area contributed by atoms with Crippen LogP contribution in [-0.2, 0) is 15.8 Å². The molecule has 0 spiro atoms. The predicted molar refractivity (Wildman–Crippen MR) is 109 cm³/mol. The van der Waals surface area contributed by atoms with Crippen molar-refractivity contribution in [3.05, 3.63) is 54.1 Å². The molecule has 9 heteroatoms. The molecule has 0 radical (unpaired) electrons. The van der Waals surface area contributed by atoms with E-state index in [4.69, 9.17) is 4.74 Å². The molecule has 0 bridgehead atoms. The highest BCUT2D eigenvalue weighted by Gasteiger charge is 2.43. The number of carbonyl (C=O) groups excluding carboxylic acids is 2. The van der Waals surface area contributed by atoms with Gasteiger partial charge in [0, 0.05) is 37.9 Å². The molecule has 0 aromatic heterocycles. The van der Waals surface area contributed by atoms with Crippen molar-refractivity contribution in [1.29, 1.82) is 0 Å². The Morgan fingerprint density at radius 3 is 2.23 bits per heavy atom. The van der Waals surface area contributed by atoms with Crippen LogP contribution in [0.3, 0.4) is 0 Å². The summed E-state index contributed by atoms with van der Waals surface area (Å²) in [6.45, 7) is 2.57. The maximum atomic E-state index is 12.9. The molecule has 4 rings (SSSR count). The summed E-state index contributed by atoms with van der Waals surface area (Å²) in [6.07, 6.45) is -4.44. The Kier molecular flexibility index (Phi) is 5.62. The van der Waals surface area contributed by atoms with E-state index in [-0.39, 0.29) is 18.0 Å². The number of anilines is 2. The number of rotatable bonds is 4. The molecule has 2 aromatic rings. The predicted octanol–water partition coefficient (Wildman–Crippen LogP) is 3.17. The number of carbonyl (C=O) groups is 2. The molecule has 2 aliphatic rings. The molecule has 2 amide bonds. The van der Waals surface area contributed by atoms with Crippen LogP contribution < -0.4 is 14.5 Å². The van der Waals surface area contributed by atoms with E-state index in [1.54, 1.807) is 7.11 Å². The number of hydrogen-bond donors (Lipinski definition) is 0. The Labute approximate surface area is 177 Å². The number of halogens is 3. The van der Waals surface area contributed by atoms with Crippen molar-refractivity contribution in [3.63, 3.8) is 0 Å². The summed E-state index contributed by atoms with van der Waals surface area (Å²) in [4.78, 5) is 30.6. The van der Waals surface area contributed by atoms with Gasteiger partial charge in [-0.25, -0.2) is 4.90 Å². The molecular weight excluding hydrogens is 411 g/mol. The van der Waals surface area contributed by atoms with Crippen LogP contribution in [-0.4, -0.2) is 56.0 Å². The highest BCUT2D eigenvalue weighted by Crippen LogP contribution is 2.32. The third-order valence-corrected chi connectivity index (χ3v) is 5.75. The minimum absolute atomic E-state index is 0.0268. The van der Waals surface area contributed by atoms with Gasteiger partial charge in [-0.05, 0) is 36.4 Å². The minimum atomic E-state index is -4.47. The first-order valence-electron chi connectivity index (χ1n) is 9.95. The van der Waals surface area contributed by atoms with Crippen molar-refractivity contribution in [3.8, 4) is 5.75 Å². The maximum absolute atomic E-state index is 12.9. The van der Waals surface area contributed by atoms with Crippen molar-refractivity contribution >= 4 is 23.2 Å². The fourth-order valence-corrected chi connectivity index (χ4v) is 4.07. The minimum Gasteiger partial charge on any atom is -0.497 e. The average Bonchev–Trinajstić information content (AvgIpc) is 3.07. The van der Waals surface area contributed by atoms with Crippen LogP contribution in [0.4, 0.5) is 24.5 Å². The Balaban J connectivity index is 1.42. The Morgan fingerprint density at radius 1 is 0.935 bits per heavy atom. The highest BCUT2D eigenvalue weighted by molar-refractivity contribution is 6.22. The number of nitrogens with zero attached hydrogens (tertiary/aromatic N) is 3. The SMILES string of the molecule is COc1cccc(N2CCN(C3CC(=O)N(c4ccc(C(F)(F)F)cc4)C3=O)CC2)c1. The number of methoxy groups -OCH3 is 1. The summed E-state index contributed by atoms with van der Waals surface area (Å²) in [7, 11) is 1.61. The zero-order chi connectivity index (χ0) is 22.2. The molecule has 0 N–H and O–H groups in total. The summed E-state index contributed by atoms with van der Waals surface area (Å²) < 4.78 is 43.6. The van der Waals surface area contributed by atoms with E-state index in [0.29, 0.717) is 26.2 Å². The van der Waals surface area contributed by atoms with Gasteiger partial charge in [0.1, 0.15) is 5.75 Å². The molecule has 1 atom stereocenters. The molecule has 2 saturated heterocycles. The van der Waals surface area contributed by atoms with Gasteiger partial charge in [-0.15, -0.1) is 0 Å². The van der Waals surface area contributed by atoms with Crippen molar-refractivity contribution in [2.45, 2.75) is 18.6 Å². The topological polar surface area (TPSA) is 53.1 Å². The lowest BCUT2D eigenvalue weighted by Crippen LogP contribution is -2.52. The van der Waals surface area contributed by atoms with Gasteiger partial charge in [-0.1, -0.05) is 6.07 Å². The number of benzene rings is 2. The van der Waals surface area contributed by atoms with E-state index in [2.05, 4.69) is 4.90 Å². The third-order valence-electron chi connectivity index (χ3n) is 5.75. The van der Waals surface area contributed by atoms with Gasteiger partial charge in [0.25, 0.3) is 5.91 Å². The monoisotopic (exact) mass is 433 g/mol. The van der Waals surface area contributed by atoms with Crippen LogP contribution in [0.5, 0.6) is 5.75 Å². The first-order chi connectivity index (χ1) is 14.8. The number of hydrogen-bond acceptors (Lipinski definition) is 5. The zero-order valence-corrected chi connectivity index (χ0v) is 16.9. The zero-order valence-electron chi connectivity index (χ0n) is 16.9. The fourth-order valence-electron chi connectivity index (χ4n) is 4.07. The second kappa shape index (κ2) is 8.22. The maximum Gasteiger partial charge on any atom is 0.416 e. The standard InChI is InChI=1S/C22H22F3N3O3/c1-31-18-4-2-3-17(13-18)26-9-11-27(12-10-26)19-14-20(29)28(21(19)30)16-7-5-15(6-8-16)22(23,24)25/h2-8,13,19H,9-12,14H2,1H3. The summed E-state index contributed by atoms with van der Waals surface area (Å²) >= 11 is 0. The summed E-state index contributed by atoms with van der Waals surface area (Å²) in [6, 6.07) is 11.2. The van der Waals surface area contributed by atoms with Crippen molar-refractivity contribution in [1.82, 2.24) is 4.90 Å². The van der Waals surface area contributed by atoms with Crippen LogP contribution >= 0.6 is 0 Å². The summed E-state index contributed by atoms with van der Waals surface area (Å²) in [5.41, 5.74) is 0.375. The molecule has 2 aliphatic heterocycles. The Hall–Kier alpha value is -3.07. The van der Waals surface area contributed by atoms with Gasteiger partial charge in [0.2, 0.25) is 5.91 Å². The van der Waals surface area contributed by atoms with Crippen LogP contribution in [0.2, 0.25) is 0 Å². The second-order valence-electron chi connectivity index (χ2n) is 7.56. The van der Waals surface area contributed by atoms with Gasteiger partial charge in [-0.3, -0.25) is 14.5 Å². The van der Waals surface area contributed by atoms with E-state index < -0.39 is 23.7 Å². The number of ether oxygens (including phenoxy) is 1. The number of amides is 2. The fraction of sp³-hybridized carbons (Fsp3) is 0.364. The van der Waals surface area contributed by atoms with Gasteiger partial charge in [0.05, 0.1) is 30.8 Å². The molecule has 2 aromatic carbocycles. The number of piperazine rings is 1. The van der Waals surface area contributed by atoms with Crippen LogP contribution in [0, 0.1) is 0 Å². The first kappa shape index (κ1) is 21.2. The average molecular weight is 433 g/mol. The molecule has 164 valence electrons. The van der Waals surface area contributed by atoms with Gasteiger partial charge >= 0.3 is 6.18 Å². The molecule has 2 fully saturated rings. The van der Waals surface area contributed by atoms with E-state index in [9.17, 15) is 22.8 Å². The third kappa shape index (κ3) is 4.23. The molecule has 31 heavy (non-hydrogen) atoms. The van der Waals surface area contributed by atoms with Crippen molar-refractivity contribution in [2.24, 2.45) is 0 Å². The molecule has 0 aliphatic carbocycles. The lowest BCUT2D eigenvalue weighted by molar-refractivity contribution is -0.137. The Bertz CT molecular complexity index is 970. The summed E-state index contributed by atoms with van der Waals surface area (Å²) in [5, 5.41) is 0. The van der Waals surface area contributed by atoms with Crippen molar-refractivity contribution in [2.75, 3.05) is 43.1 Å². The van der Waals surface area contributed by atoms with Gasteiger partial charge in [-0.2, -0.15) is 13.2 Å². The summed E-state index contributed by atoms with van der Waals surface area (Å²) in [5.74, 6) is -0.0201. The van der Waals surface area contributed by atoms with E-state index in [1.807, 2.05) is 29.2 Å². The van der Waals surface area contributed by atoms with E-state index in [1.165, 1.54) is 12.1 Å². The van der Waals surface area contributed by atoms with E-state index >= 15 is 0 Å². The molecule has 2 heterocycles. The van der Waals surface area contributed by atoms with Crippen LogP contribution in [0.25, 0.3) is 0 Å². The van der Waals surface area contributed by atoms with Crippen LogP contribution in [0.15, 0.2) is 48.5 Å². The second-order valence-corrected chi connectivity index (χ2v) is 7.56. The van der Waals surface area contributed by atoms with Crippen molar-refractivity contribution < 1.29 is 27.5 Å². The number of imide groups is 1. The van der Waals surface area contributed by atoms with E-state index in [0.717, 1.165) is 28.5 Å². The largest absolute Gasteiger partial charge is 0.497 e. The molecule has 1 unspecified atom stereocenters. The molecule has 0 saturated carbocycles. The Morgan fingerprint density at radius 2 is 1.61 bits per heavy atom. The normalized spacial score (nSPS) is 20.5. The quantitative estimate of drug-likeness (QED) is 0.694. The smallest absolute Gasteiger partial charge is 0.416 e. The van der Waals surface area contributed by atoms with Crippen LogP contribution in [0.1, 0.15) is 12.0 Å². The molecular formula is C22H22F3N3O3.